The molecule has 0 aliphatic carbocycles. The van der Waals surface area contributed by atoms with Gasteiger partial charge in [-0.3, -0.25) is 4.79 Å². The van der Waals surface area contributed by atoms with Crippen molar-refractivity contribution in [3.63, 3.8) is 0 Å². The van der Waals surface area contributed by atoms with Gasteiger partial charge in [0.2, 0.25) is 10.9 Å². The van der Waals surface area contributed by atoms with Gasteiger partial charge in [-0.25, -0.2) is 0 Å². The number of anilines is 1. The standard InChI is InChI=1S/C13H12BrN5OS/c1-8-2-3-10(9(14)6-8)16-11(20)4-5-12-18-19-7-15-17-13(19)21-12/h2-3,6-7H,4-5H2,1H3,(H,16,20). The van der Waals surface area contributed by atoms with Crippen molar-refractivity contribution in [2.24, 2.45) is 0 Å². The largest absolute Gasteiger partial charge is 0.325 e. The Bertz CT molecular complexity index is 768. The van der Waals surface area contributed by atoms with Gasteiger partial charge >= 0.3 is 0 Å². The third-order valence-corrected chi connectivity index (χ3v) is 4.52. The summed E-state index contributed by atoms with van der Waals surface area (Å²) in [7, 11) is 0. The Morgan fingerprint density at radius 1 is 1.48 bits per heavy atom. The highest BCUT2D eigenvalue weighted by Gasteiger charge is 2.09. The Morgan fingerprint density at radius 2 is 2.33 bits per heavy atom. The predicted octanol–water partition coefficient (Wildman–Crippen LogP) is 2.83. The first kappa shape index (κ1) is 14.2. The van der Waals surface area contributed by atoms with E-state index in [9.17, 15) is 4.79 Å². The summed E-state index contributed by atoms with van der Waals surface area (Å²) in [6.07, 6.45) is 2.52. The summed E-state index contributed by atoms with van der Waals surface area (Å²) in [6, 6.07) is 5.82. The number of carbonyl (C=O) groups excluding carboxylic acids is 1. The molecule has 0 saturated carbocycles. The van der Waals surface area contributed by atoms with E-state index in [1.54, 1.807) is 10.8 Å². The fourth-order valence-corrected chi connectivity index (χ4v) is 3.26. The van der Waals surface area contributed by atoms with Crippen molar-refractivity contribution in [1.29, 1.82) is 0 Å². The van der Waals surface area contributed by atoms with Gasteiger partial charge in [-0.05, 0) is 40.5 Å². The van der Waals surface area contributed by atoms with Crippen LogP contribution in [0.2, 0.25) is 0 Å². The van der Waals surface area contributed by atoms with E-state index >= 15 is 0 Å². The van der Waals surface area contributed by atoms with Crippen LogP contribution in [0.1, 0.15) is 17.0 Å². The number of amides is 1. The van der Waals surface area contributed by atoms with Crippen LogP contribution in [-0.2, 0) is 11.2 Å². The van der Waals surface area contributed by atoms with Crippen molar-refractivity contribution in [2.45, 2.75) is 19.8 Å². The molecule has 0 aliphatic heterocycles. The highest BCUT2D eigenvalue weighted by Crippen LogP contribution is 2.23. The monoisotopic (exact) mass is 365 g/mol. The van der Waals surface area contributed by atoms with Crippen molar-refractivity contribution < 1.29 is 4.79 Å². The van der Waals surface area contributed by atoms with Gasteiger partial charge in [0.1, 0.15) is 11.3 Å². The molecule has 0 bridgehead atoms. The zero-order valence-electron chi connectivity index (χ0n) is 11.2. The van der Waals surface area contributed by atoms with Gasteiger partial charge in [0.15, 0.2) is 0 Å². The Kier molecular flexibility index (Phi) is 3.98. The molecule has 3 rings (SSSR count). The molecule has 0 fully saturated rings. The summed E-state index contributed by atoms with van der Waals surface area (Å²) in [5.74, 6) is -0.0366. The van der Waals surface area contributed by atoms with Crippen molar-refractivity contribution in [1.82, 2.24) is 19.8 Å². The van der Waals surface area contributed by atoms with E-state index in [0.717, 1.165) is 25.7 Å². The van der Waals surface area contributed by atoms with E-state index in [4.69, 9.17) is 0 Å². The number of rotatable bonds is 4. The molecular weight excluding hydrogens is 354 g/mol. The van der Waals surface area contributed by atoms with Crippen LogP contribution in [0.5, 0.6) is 0 Å². The number of halogens is 1. The van der Waals surface area contributed by atoms with Crippen LogP contribution in [0.15, 0.2) is 29.0 Å². The maximum atomic E-state index is 12.0. The van der Waals surface area contributed by atoms with Crippen molar-refractivity contribution >= 4 is 43.8 Å². The summed E-state index contributed by atoms with van der Waals surface area (Å²) in [6.45, 7) is 2.00. The average molecular weight is 366 g/mol. The third kappa shape index (κ3) is 3.27. The molecule has 0 atom stereocenters. The molecule has 108 valence electrons. The number of aryl methyl sites for hydroxylation is 2. The minimum atomic E-state index is -0.0366. The highest BCUT2D eigenvalue weighted by molar-refractivity contribution is 9.10. The smallest absolute Gasteiger partial charge is 0.234 e. The lowest BCUT2D eigenvalue weighted by atomic mass is 10.2. The zero-order valence-corrected chi connectivity index (χ0v) is 13.6. The molecule has 0 saturated heterocycles. The number of hydrogen-bond acceptors (Lipinski definition) is 5. The summed E-state index contributed by atoms with van der Waals surface area (Å²) in [4.78, 5) is 12.7. The summed E-state index contributed by atoms with van der Waals surface area (Å²) in [5, 5.41) is 15.7. The first-order chi connectivity index (χ1) is 10.1. The van der Waals surface area contributed by atoms with Crippen LogP contribution in [0, 0.1) is 6.92 Å². The van der Waals surface area contributed by atoms with Gasteiger partial charge < -0.3 is 5.32 Å². The van der Waals surface area contributed by atoms with Crippen LogP contribution < -0.4 is 5.32 Å². The number of fused-ring (bicyclic) bond motifs is 1. The Hall–Kier alpha value is -1.80. The Labute approximate surface area is 133 Å². The fraction of sp³-hybridized carbons (Fsp3) is 0.231. The lowest BCUT2D eigenvalue weighted by molar-refractivity contribution is -0.116. The van der Waals surface area contributed by atoms with Crippen LogP contribution >= 0.6 is 27.3 Å². The molecule has 6 nitrogen and oxygen atoms in total. The van der Waals surface area contributed by atoms with E-state index in [0.29, 0.717) is 12.8 Å². The molecule has 2 aromatic heterocycles. The molecule has 2 heterocycles. The van der Waals surface area contributed by atoms with Crippen molar-refractivity contribution in [2.75, 3.05) is 5.32 Å². The van der Waals surface area contributed by atoms with E-state index < -0.39 is 0 Å². The molecule has 8 heteroatoms. The van der Waals surface area contributed by atoms with Crippen LogP contribution in [0.3, 0.4) is 0 Å². The Balaban J connectivity index is 1.60. The third-order valence-electron chi connectivity index (χ3n) is 2.89. The number of nitrogens with zero attached hydrogens (tertiary/aromatic N) is 4. The summed E-state index contributed by atoms with van der Waals surface area (Å²) < 4.78 is 2.50. The molecule has 3 aromatic rings. The topological polar surface area (TPSA) is 72.2 Å². The van der Waals surface area contributed by atoms with Crippen molar-refractivity contribution in [3.05, 3.63) is 39.6 Å². The molecular formula is C13H12BrN5OS. The second-order valence-corrected chi connectivity index (χ2v) is 6.48. The predicted molar refractivity (Wildman–Crippen MR) is 84.5 cm³/mol. The van der Waals surface area contributed by atoms with Crippen LogP contribution in [0.25, 0.3) is 4.96 Å². The molecule has 0 unspecified atom stereocenters. The number of hydrogen-bond donors (Lipinski definition) is 1. The zero-order chi connectivity index (χ0) is 14.8. The highest BCUT2D eigenvalue weighted by atomic mass is 79.9. The minimum absolute atomic E-state index is 0.0366. The number of aromatic nitrogens is 4. The summed E-state index contributed by atoms with van der Waals surface area (Å²) >= 11 is 4.89. The fourth-order valence-electron chi connectivity index (χ4n) is 1.86. The molecule has 21 heavy (non-hydrogen) atoms. The van der Waals surface area contributed by atoms with Crippen LogP contribution in [-0.4, -0.2) is 25.7 Å². The number of nitrogens with one attached hydrogen (secondary N) is 1. The van der Waals surface area contributed by atoms with Crippen LogP contribution in [0.4, 0.5) is 5.69 Å². The lowest BCUT2D eigenvalue weighted by Gasteiger charge is -2.07. The number of carbonyl (C=O) groups is 1. The average Bonchev–Trinajstić information content (AvgIpc) is 3.00. The second kappa shape index (κ2) is 5.90. The summed E-state index contributed by atoms with van der Waals surface area (Å²) in [5.41, 5.74) is 1.92. The Morgan fingerprint density at radius 3 is 3.10 bits per heavy atom. The molecule has 0 aliphatic rings. The number of benzene rings is 1. The van der Waals surface area contributed by atoms with Gasteiger partial charge in [0, 0.05) is 17.3 Å². The second-order valence-electron chi connectivity index (χ2n) is 4.59. The minimum Gasteiger partial charge on any atom is -0.325 e. The van der Waals surface area contributed by atoms with Gasteiger partial charge in [-0.2, -0.15) is 9.61 Å². The molecule has 0 radical (unpaired) electrons. The molecule has 0 spiro atoms. The van der Waals surface area contributed by atoms with E-state index in [2.05, 4.69) is 36.5 Å². The quantitative estimate of drug-likeness (QED) is 0.771. The SMILES string of the molecule is Cc1ccc(NC(=O)CCc2nn3cnnc3s2)c(Br)c1. The maximum absolute atomic E-state index is 12.0. The maximum Gasteiger partial charge on any atom is 0.234 e. The first-order valence-corrected chi connectivity index (χ1v) is 7.94. The van der Waals surface area contributed by atoms with Gasteiger partial charge in [0.25, 0.3) is 0 Å². The van der Waals surface area contributed by atoms with Gasteiger partial charge in [0.05, 0.1) is 5.69 Å². The van der Waals surface area contributed by atoms with Gasteiger partial charge in [-0.1, -0.05) is 17.4 Å². The molecule has 1 N–H and O–H groups in total. The van der Waals surface area contributed by atoms with Gasteiger partial charge in [-0.15, -0.1) is 10.2 Å². The molecule has 1 aromatic carbocycles. The lowest BCUT2D eigenvalue weighted by Crippen LogP contribution is -2.12. The van der Waals surface area contributed by atoms with E-state index in [-0.39, 0.29) is 5.91 Å². The van der Waals surface area contributed by atoms with Crippen molar-refractivity contribution in [3.8, 4) is 0 Å². The van der Waals surface area contributed by atoms with E-state index in [1.165, 1.54) is 11.3 Å². The first-order valence-electron chi connectivity index (χ1n) is 6.33. The van der Waals surface area contributed by atoms with E-state index in [1.807, 2.05) is 25.1 Å². The normalized spacial score (nSPS) is 11.0. The molecule has 1 amide bonds.